The molecule has 2 rings (SSSR count). The van der Waals surface area contributed by atoms with Gasteiger partial charge in [-0.1, -0.05) is 0 Å². The average molecular weight is 208 g/mol. The molecule has 0 fully saturated rings. The quantitative estimate of drug-likeness (QED) is 0.361. The minimum absolute atomic E-state index is 0.384. The van der Waals surface area contributed by atoms with E-state index in [2.05, 4.69) is 4.98 Å². The Morgan fingerprint density at radius 3 is 3.00 bits per heavy atom. The van der Waals surface area contributed by atoms with Gasteiger partial charge in [-0.15, -0.1) is 11.3 Å². The van der Waals surface area contributed by atoms with Crippen molar-refractivity contribution in [3.05, 3.63) is 23.2 Å². The van der Waals surface area contributed by atoms with Crippen LogP contribution < -0.4 is 17.0 Å². The minimum atomic E-state index is -0.384. The minimum Gasteiger partial charge on any atom is -0.397 e. The number of anilines is 1. The lowest BCUT2D eigenvalue weighted by Gasteiger charge is -1.95. The van der Waals surface area contributed by atoms with Crippen LogP contribution in [-0.2, 0) is 0 Å². The molecule has 1 amide bonds. The van der Waals surface area contributed by atoms with Crippen molar-refractivity contribution in [3.8, 4) is 0 Å². The standard InChI is InChI=1S/C8H8N4OS/c9-5-4-2-1-3-11-8(4)14-6(5)7(13)12-10/h1-3H,9-10H2,(H,12,13). The first-order valence-electron chi connectivity index (χ1n) is 3.88. The van der Waals surface area contributed by atoms with E-state index in [1.165, 1.54) is 11.3 Å². The molecular formula is C8H8N4OS. The highest BCUT2D eigenvalue weighted by atomic mass is 32.1. The average Bonchev–Trinajstić information content (AvgIpc) is 2.56. The molecule has 0 radical (unpaired) electrons. The molecule has 14 heavy (non-hydrogen) atoms. The molecule has 6 heteroatoms. The summed E-state index contributed by atoms with van der Waals surface area (Å²) in [5.41, 5.74) is 8.25. The molecule has 0 aromatic carbocycles. The lowest BCUT2D eigenvalue weighted by atomic mass is 10.2. The predicted molar refractivity (Wildman–Crippen MR) is 55.7 cm³/mol. The van der Waals surface area contributed by atoms with Crippen molar-refractivity contribution >= 4 is 33.1 Å². The Morgan fingerprint density at radius 2 is 2.36 bits per heavy atom. The largest absolute Gasteiger partial charge is 0.397 e. The normalized spacial score (nSPS) is 10.4. The number of fused-ring (bicyclic) bond motifs is 1. The Balaban J connectivity index is 2.68. The molecule has 0 saturated heterocycles. The van der Waals surface area contributed by atoms with Crippen molar-refractivity contribution in [3.63, 3.8) is 0 Å². The van der Waals surface area contributed by atoms with Gasteiger partial charge in [0.25, 0.3) is 5.91 Å². The number of nitrogens with one attached hydrogen (secondary N) is 1. The number of amides is 1. The molecule has 0 aliphatic heterocycles. The van der Waals surface area contributed by atoms with E-state index < -0.39 is 0 Å². The van der Waals surface area contributed by atoms with Crippen LogP contribution in [0.2, 0.25) is 0 Å². The number of hydrogen-bond acceptors (Lipinski definition) is 5. The van der Waals surface area contributed by atoms with Crippen molar-refractivity contribution in [1.29, 1.82) is 0 Å². The van der Waals surface area contributed by atoms with E-state index in [4.69, 9.17) is 11.6 Å². The molecule has 0 unspecified atom stereocenters. The first-order valence-corrected chi connectivity index (χ1v) is 4.69. The fourth-order valence-electron chi connectivity index (χ4n) is 1.19. The number of thiophene rings is 1. The van der Waals surface area contributed by atoms with Crippen molar-refractivity contribution < 1.29 is 4.79 Å². The molecule has 2 aromatic heterocycles. The summed E-state index contributed by atoms with van der Waals surface area (Å²) < 4.78 is 0. The van der Waals surface area contributed by atoms with Gasteiger partial charge in [0, 0.05) is 11.6 Å². The van der Waals surface area contributed by atoms with Gasteiger partial charge in [-0.2, -0.15) is 0 Å². The number of nitrogens with two attached hydrogens (primary N) is 2. The van der Waals surface area contributed by atoms with Gasteiger partial charge in [0.15, 0.2) is 0 Å². The third kappa shape index (κ3) is 1.21. The van der Waals surface area contributed by atoms with Crippen molar-refractivity contribution in [2.75, 3.05) is 5.73 Å². The molecule has 5 N–H and O–H groups in total. The van der Waals surface area contributed by atoms with Crippen LogP contribution >= 0.6 is 11.3 Å². The van der Waals surface area contributed by atoms with E-state index in [0.29, 0.717) is 10.6 Å². The summed E-state index contributed by atoms with van der Waals surface area (Å²) in [5, 5.41) is 0.788. The summed E-state index contributed by atoms with van der Waals surface area (Å²) in [6.07, 6.45) is 1.66. The first kappa shape index (κ1) is 8.92. The number of carbonyl (C=O) groups excluding carboxylic acids is 1. The molecule has 0 atom stereocenters. The monoisotopic (exact) mass is 208 g/mol. The van der Waals surface area contributed by atoms with Gasteiger partial charge in [0.05, 0.1) is 5.69 Å². The fraction of sp³-hybridized carbons (Fsp3) is 0. The summed E-state index contributed by atoms with van der Waals surface area (Å²) in [4.78, 5) is 16.5. The summed E-state index contributed by atoms with van der Waals surface area (Å²) >= 11 is 1.23. The van der Waals surface area contributed by atoms with Crippen molar-refractivity contribution in [2.45, 2.75) is 0 Å². The van der Waals surface area contributed by atoms with E-state index in [0.717, 1.165) is 10.2 Å². The molecule has 72 valence electrons. The number of hydrazine groups is 1. The van der Waals surface area contributed by atoms with Gasteiger partial charge in [0.2, 0.25) is 0 Å². The summed E-state index contributed by atoms with van der Waals surface area (Å²) in [6, 6.07) is 3.59. The van der Waals surface area contributed by atoms with Crippen molar-refractivity contribution in [2.24, 2.45) is 5.84 Å². The van der Waals surface area contributed by atoms with Crippen LogP contribution in [0.4, 0.5) is 5.69 Å². The highest BCUT2D eigenvalue weighted by molar-refractivity contribution is 7.21. The Kier molecular flexibility index (Phi) is 2.06. The van der Waals surface area contributed by atoms with Crippen molar-refractivity contribution in [1.82, 2.24) is 10.4 Å². The number of carbonyl (C=O) groups is 1. The van der Waals surface area contributed by atoms with Crippen LogP contribution in [0.15, 0.2) is 18.3 Å². The number of nitrogens with zero attached hydrogens (tertiary/aromatic N) is 1. The van der Waals surface area contributed by atoms with Crippen LogP contribution in [0.25, 0.3) is 10.2 Å². The third-order valence-electron chi connectivity index (χ3n) is 1.84. The molecule has 0 bridgehead atoms. The van der Waals surface area contributed by atoms with Gasteiger partial charge < -0.3 is 5.73 Å². The molecular weight excluding hydrogens is 200 g/mol. The topological polar surface area (TPSA) is 94.0 Å². The fourth-order valence-corrected chi connectivity index (χ4v) is 2.15. The molecule has 2 aromatic rings. The second-order valence-electron chi connectivity index (χ2n) is 2.67. The molecule has 2 heterocycles. The number of hydrogen-bond donors (Lipinski definition) is 3. The number of pyridine rings is 1. The Hall–Kier alpha value is -1.66. The van der Waals surface area contributed by atoms with Gasteiger partial charge >= 0.3 is 0 Å². The highest BCUT2D eigenvalue weighted by Crippen LogP contribution is 2.31. The zero-order chi connectivity index (χ0) is 10.1. The maximum absolute atomic E-state index is 11.3. The van der Waals surface area contributed by atoms with Crippen LogP contribution in [-0.4, -0.2) is 10.9 Å². The zero-order valence-electron chi connectivity index (χ0n) is 7.15. The summed E-state index contributed by atoms with van der Waals surface area (Å²) in [6.45, 7) is 0. The van der Waals surface area contributed by atoms with Gasteiger partial charge in [-0.3, -0.25) is 10.2 Å². The summed E-state index contributed by atoms with van der Waals surface area (Å²) in [7, 11) is 0. The Labute approximate surface area is 83.7 Å². The van der Waals surface area contributed by atoms with E-state index in [9.17, 15) is 4.79 Å². The zero-order valence-corrected chi connectivity index (χ0v) is 7.97. The second-order valence-corrected chi connectivity index (χ2v) is 3.67. The SMILES string of the molecule is NNC(=O)c1sc2ncccc2c1N. The number of rotatable bonds is 1. The van der Waals surface area contributed by atoms with Crippen LogP contribution in [0.5, 0.6) is 0 Å². The molecule has 0 aliphatic rings. The van der Waals surface area contributed by atoms with Gasteiger partial charge in [-0.25, -0.2) is 10.8 Å². The van der Waals surface area contributed by atoms with E-state index in [1.807, 2.05) is 11.5 Å². The number of nitrogen functional groups attached to an aromatic ring is 2. The summed E-state index contributed by atoms with van der Waals surface area (Å²) in [5.74, 6) is 4.64. The van der Waals surface area contributed by atoms with Crippen LogP contribution in [0, 0.1) is 0 Å². The molecule has 5 nitrogen and oxygen atoms in total. The Morgan fingerprint density at radius 1 is 1.57 bits per heavy atom. The Bertz CT molecular complexity index is 493. The molecule has 0 aliphatic carbocycles. The highest BCUT2D eigenvalue weighted by Gasteiger charge is 2.15. The maximum Gasteiger partial charge on any atom is 0.277 e. The van der Waals surface area contributed by atoms with Crippen LogP contribution in [0.3, 0.4) is 0 Å². The lowest BCUT2D eigenvalue weighted by molar-refractivity contribution is 0.0958. The van der Waals surface area contributed by atoms with E-state index in [1.54, 1.807) is 12.3 Å². The van der Waals surface area contributed by atoms with Crippen LogP contribution in [0.1, 0.15) is 9.67 Å². The van der Waals surface area contributed by atoms with Gasteiger partial charge in [-0.05, 0) is 12.1 Å². The predicted octanol–water partition coefficient (Wildman–Crippen LogP) is 0.482. The second kappa shape index (κ2) is 3.24. The van der Waals surface area contributed by atoms with E-state index in [-0.39, 0.29) is 5.91 Å². The third-order valence-corrected chi connectivity index (χ3v) is 2.97. The first-order chi connectivity index (χ1) is 6.74. The number of aromatic nitrogens is 1. The molecule has 0 saturated carbocycles. The lowest BCUT2D eigenvalue weighted by Crippen LogP contribution is -2.29. The van der Waals surface area contributed by atoms with Gasteiger partial charge in [0.1, 0.15) is 9.71 Å². The maximum atomic E-state index is 11.3. The smallest absolute Gasteiger partial charge is 0.277 e. The molecule has 0 spiro atoms. The van der Waals surface area contributed by atoms with E-state index >= 15 is 0 Å².